The number of piperidine rings is 1. The van der Waals surface area contributed by atoms with Crippen molar-refractivity contribution in [2.24, 2.45) is 5.41 Å². The summed E-state index contributed by atoms with van der Waals surface area (Å²) in [6, 6.07) is -0.327. The number of amides is 2. The Bertz CT molecular complexity index is 389. The van der Waals surface area contributed by atoms with E-state index in [0.717, 1.165) is 25.7 Å². The van der Waals surface area contributed by atoms with Crippen LogP contribution in [-0.4, -0.2) is 58.5 Å². The summed E-state index contributed by atoms with van der Waals surface area (Å²) in [5.41, 5.74) is -0.454. The van der Waals surface area contributed by atoms with Crippen LogP contribution < -0.4 is 0 Å². The molecular weight excluding hydrogens is 256 g/mol. The summed E-state index contributed by atoms with van der Waals surface area (Å²) in [7, 11) is 0. The summed E-state index contributed by atoms with van der Waals surface area (Å²) in [5, 5.41) is 9.70. The maximum atomic E-state index is 12.6. The van der Waals surface area contributed by atoms with Crippen molar-refractivity contribution in [1.29, 1.82) is 0 Å². The highest BCUT2D eigenvalue weighted by Gasteiger charge is 2.40. The summed E-state index contributed by atoms with van der Waals surface area (Å²) < 4.78 is 0. The van der Waals surface area contributed by atoms with Gasteiger partial charge in [0.25, 0.3) is 0 Å². The van der Waals surface area contributed by atoms with Crippen molar-refractivity contribution in [3.05, 3.63) is 0 Å². The fourth-order valence-corrected chi connectivity index (χ4v) is 3.06. The third kappa shape index (κ3) is 3.14. The van der Waals surface area contributed by atoms with Gasteiger partial charge < -0.3 is 14.9 Å². The third-order valence-corrected chi connectivity index (χ3v) is 4.15. The Balaban J connectivity index is 2.06. The van der Waals surface area contributed by atoms with Crippen molar-refractivity contribution in [1.82, 2.24) is 9.80 Å². The number of β-amino-alcohol motifs (C(OH)–C–C–N with tert-alkyl or cyclic N) is 1. The molecule has 0 radical (unpaired) electrons. The molecule has 2 saturated heterocycles. The second-order valence-corrected chi connectivity index (χ2v) is 6.99. The first kappa shape index (κ1) is 15.3. The molecule has 2 fully saturated rings. The van der Waals surface area contributed by atoms with Crippen LogP contribution in [0.3, 0.4) is 0 Å². The molecule has 1 N–H and O–H groups in total. The van der Waals surface area contributed by atoms with Crippen LogP contribution in [0.2, 0.25) is 0 Å². The van der Waals surface area contributed by atoms with Crippen LogP contribution in [0.25, 0.3) is 0 Å². The maximum Gasteiger partial charge on any atom is 0.245 e. The molecule has 2 aliphatic rings. The smallest absolute Gasteiger partial charge is 0.245 e. The molecule has 2 rings (SSSR count). The van der Waals surface area contributed by atoms with Crippen LogP contribution in [0.5, 0.6) is 0 Å². The molecule has 0 bridgehead atoms. The largest absolute Gasteiger partial charge is 0.391 e. The fourth-order valence-electron chi connectivity index (χ4n) is 3.06. The Morgan fingerprint density at radius 3 is 2.35 bits per heavy atom. The van der Waals surface area contributed by atoms with Gasteiger partial charge in [-0.2, -0.15) is 0 Å². The van der Waals surface area contributed by atoms with Crippen molar-refractivity contribution in [3.63, 3.8) is 0 Å². The minimum absolute atomic E-state index is 0.0128. The second-order valence-electron chi connectivity index (χ2n) is 6.99. The zero-order valence-electron chi connectivity index (χ0n) is 12.8. The lowest BCUT2D eigenvalue weighted by atomic mass is 9.94. The quantitative estimate of drug-likeness (QED) is 0.780. The molecule has 2 heterocycles. The Kier molecular flexibility index (Phi) is 4.37. The summed E-state index contributed by atoms with van der Waals surface area (Å²) >= 11 is 0. The summed E-state index contributed by atoms with van der Waals surface area (Å²) in [6.45, 7) is 7.44. The van der Waals surface area contributed by atoms with Gasteiger partial charge in [-0.1, -0.05) is 20.8 Å². The highest BCUT2D eigenvalue weighted by atomic mass is 16.3. The molecular formula is C15H26N2O3. The van der Waals surface area contributed by atoms with E-state index in [4.69, 9.17) is 0 Å². The first-order valence-corrected chi connectivity index (χ1v) is 7.58. The molecule has 20 heavy (non-hydrogen) atoms. The van der Waals surface area contributed by atoms with Crippen molar-refractivity contribution in [3.8, 4) is 0 Å². The van der Waals surface area contributed by atoms with Gasteiger partial charge in [-0.3, -0.25) is 9.59 Å². The SMILES string of the molecule is CC(C)(C)C(=O)N1CCCC1C(=O)N1CCCC(O)C1. The molecule has 2 atom stereocenters. The number of hydrogen-bond donors (Lipinski definition) is 1. The van der Waals surface area contributed by atoms with Gasteiger partial charge in [-0.25, -0.2) is 0 Å². The molecule has 0 saturated carbocycles. The number of likely N-dealkylation sites (tertiary alicyclic amines) is 2. The van der Waals surface area contributed by atoms with Crippen molar-refractivity contribution in [2.45, 2.75) is 58.6 Å². The summed E-state index contributed by atoms with van der Waals surface area (Å²) in [6.07, 6.45) is 2.81. The van der Waals surface area contributed by atoms with Crippen LogP contribution in [0, 0.1) is 5.41 Å². The molecule has 5 nitrogen and oxygen atoms in total. The lowest BCUT2D eigenvalue weighted by Crippen LogP contribution is -2.53. The van der Waals surface area contributed by atoms with Crippen LogP contribution in [0.4, 0.5) is 0 Å². The molecule has 0 aliphatic carbocycles. The van der Waals surface area contributed by atoms with Crippen molar-refractivity contribution in [2.75, 3.05) is 19.6 Å². The maximum absolute atomic E-state index is 12.6. The van der Waals surface area contributed by atoms with Crippen LogP contribution in [-0.2, 0) is 9.59 Å². The van der Waals surface area contributed by atoms with Crippen molar-refractivity contribution < 1.29 is 14.7 Å². The van der Waals surface area contributed by atoms with Crippen LogP contribution in [0.1, 0.15) is 46.5 Å². The van der Waals surface area contributed by atoms with E-state index in [0.29, 0.717) is 19.6 Å². The van der Waals surface area contributed by atoms with E-state index in [9.17, 15) is 14.7 Å². The molecule has 0 spiro atoms. The number of aliphatic hydroxyl groups excluding tert-OH is 1. The number of carbonyl (C=O) groups is 2. The number of hydrogen-bond acceptors (Lipinski definition) is 3. The average Bonchev–Trinajstić information content (AvgIpc) is 2.84. The zero-order chi connectivity index (χ0) is 14.9. The van der Waals surface area contributed by atoms with Crippen LogP contribution in [0.15, 0.2) is 0 Å². The van der Waals surface area contributed by atoms with Gasteiger partial charge in [0.05, 0.1) is 6.10 Å². The van der Waals surface area contributed by atoms with E-state index >= 15 is 0 Å². The Morgan fingerprint density at radius 1 is 1.10 bits per heavy atom. The number of nitrogens with zero attached hydrogens (tertiary/aromatic N) is 2. The molecule has 5 heteroatoms. The normalized spacial score (nSPS) is 27.8. The van der Waals surface area contributed by atoms with E-state index in [1.54, 1.807) is 9.80 Å². The van der Waals surface area contributed by atoms with Gasteiger partial charge >= 0.3 is 0 Å². The van der Waals surface area contributed by atoms with E-state index in [-0.39, 0.29) is 17.9 Å². The lowest BCUT2D eigenvalue weighted by Gasteiger charge is -2.36. The number of rotatable bonds is 1. The molecule has 2 unspecified atom stereocenters. The Hall–Kier alpha value is -1.10. The van der Waals surface area contributed by atoms with Crippen molar-refractivity contribution >= 4 is 11.8 Å². The van der Waals surface area contributed by atoms with E-state index in [1.807, 2.05) is 20.8 Å². The van der Waals surface area contributed by atoms with Gasteiger partial charge in [0.1, 0.15) is 6.04 Å². The van der Waals surface area contributed by atoms with Gasteiger partial charge in [0.2, 0.25) is 11.8 Å². The highest BCUT2D eigenvalue weighted by Crippen LogP contribution is 2.27. The van der Waals surface area contributed by atoms with Gasteiger partial charge in [0, 0.05) is 25.0 Å². The van der Waals surface area contributed by atoms with Gasteiger partial charge in [-0.05, 0) is 25.7 Å². The Labute approximate surface area is 120 Å². The molecule has 2 aliphatic heterocycles. The molecule has 0 aromatic carbocycles. The predicted octanol–water partition coefficient (Wildman–Crippen LogP) is 1.01. The number of aliphatic hydroxyl groups is 1. The average molecular weight is 282 g/mol. The lowest BCUT2D eigenvalue weighted by molar-refractivity contribution is -0.149. The van der Waals surface area contributed by atoms with E-state index < -0.39 is 11.5 Å². The third-order valence-electron chi connectivity index (χ3n) is 4.15. The molecule has 0 aromatic rings. The molecule has 2 amide bonds. The highest BCUT2D eigenvalue weighted by molar-refractivity contribution is 5.90. The predicted molar refractivity (Wildman–Crippen MR) is 76.0 cm³/mol. The first-order chi connectivity index (χ1) is 9.30. The first-order valence-electron chi connectivity index (χ1n) is 7.58. The van der Waals surface area contributed by atoms with Gasteiger partial charge in [-0.15, -0.1) is 0 Å². The molecule has 0 aromatic heterocycles. The minimum atomic E-state index is -0.454. The standard InChI is InChI=1S/C15H26N2O3/c1-15(2,3)14(20)17-9-5-7-12(17)13(19)16-8-4-6-11(18)10-16/h11-12,18H,4-10H2,1-3H3. The fraction of sp³-hybridized carbons (Fsp3) is 0.867. The topological polar surface area (TPSA) is 60.9 Å². The number of carbonyl (C=O) groups excluding carboxylic acids is 2. The summed E-state index contributed by atoms with van der Waals surface area (Å²) in [4.78, 5) is 28.5. The van der Waals surface area contributed by atoms with Crippen LogP contribution >= 0.6 is 0 Å². The monoisotopic (exact) mass is 282 g/mol. The van der Waals surface area contributed by atoms with E-state index in [1.165, 1.54) is 0 Å². The van der Waals surface area contributed by atoms with Gasteiger partial charge in [0.15, 0.2) is 0 Å². The second kappa shape index (κ2) is 5.72. The minimum Gasteiger partial charge on any atom is -0.391 e. The zero-order valence-corrected chi connectivity index (χ0v) is 12.8. The van der Waals surface area contributed by atoms with E-state index in [2.05, 4.69) is 0 Å². The molecule has 114 valence electrons. The summed E-state index contributed by atoms with van der Waals surface area (Å²) in [5.74, 6) is 0.0600. The Morgan fingerprint density at radius 2 is 1.75 bits per heavy atom.